The molecule has 0 radical (unpaired) electrons. The van der Waals surface area contributed by atoms with Gasteiger partial charge in [0.05, 0.1) is 11.3 Å². The van der Waals surface area contributed by atoms with Gasteiger partial charge in [-0.3, -0.25) is 0 Å². The van der Waals surface area contributed by atoms with Crippen LogP contribution in [-0.2, 0) is 16.2 Å². The van der Waals surface area contributed by atoms with Crippen molar-refractivity contribution in [1.29, 1.82) is 0 Å². The molecule has 0 N–H and O–H groups in total. The van der Waals surface area contributed by atoms with Crippen LogP contribution >= 0.6 is 11.6 Å². The van der Waals surface area contributed by atoms with Crippen LogP contribution in [0.3, 0.4) is 0 Å². The molecule has 1 saturated heterocycles. The van der Waals surface area contributed by atoms with E-state index in [4.69, 9.17) is 16.3 Å². The summed E-state index contributed by atoms with van der Waals surface area (Å²) in [5.74, 6) is 0.268. The van der Waals surface area contributed by atoms with Gasteiger partial charge >= 0.3 is 6.18 Å². The van der Waals surface area contributed by atoms with E-state index >= 15 is 0 Å². The maximum Gasteiger partial charge on any atom is 0.420 e. The van der Waals surface area contributed by atoms with Gasteiger partial charge in [0.15, 0.2) is 0 Å². The molecule has 0 bridgehead atoms. The first kappa shape index (κ1) is 21.0. The number of fused-ring (bicyclic) bond motifs is 1. The number of halogens is 4. The second-order valence-corrected chi connectivity index (χ2v) is 9.42. The number of rotatable bonds is 3. The first-order valence-electron chi connectivity index (χ1n) is 9.34. The molecular weight excluding hydrogens is 441 g/mol. The highest BCUT2D eigenvalue weighted by molar-refractivity contribution is 7.90. The Morgan fingerprint density at radius 3 is 2.53 bits per heavy atom. The summed E-state index contributed by atoms with van der Waals surface area (Å²) in [4.78, 5) is 1.99. The molecule has 2 aliphatic rings. The van der Waals surface area contributed by atoms with Gasteiger partial charge in [-0.2, -0.15) is 13.2 Å². The molecule has 10 heteroatoms. The number of nitrogens with zero attached hydrogens (tertiary/aromatic N) is 2. The van der Waals surface area contributed by atoms with Crippen molar-refractivity contribution in [1.82, 2.24) is 4.90 Å². The minimum absolute atomic E-state index is 0.0125. The summed E-state index contributed by atoms with van der Waals surface area (Å²) in [6.07, 6.45) is -2.95. The number of ether oxygens (including phenoxy) is 1. The van der Waals surface area contributed by atoms with E-state index in [1.54, 1.807) is 24.3 Å². The monoisotopic (exact) mass is 458 g/mol. The minimum atomic E-state index is -4.60. The van der Waals surface area contributed by atoms with Crippen molar-refractivity contribution in [3.8, 4) is 11.5 Å². The Morgan fingerprint density at radius 1 is 1.10 bits per heavy atom. The highest BCUT2D eigenvalue weighted by atomic mass is 35.5. The molecule has 4 rings (SSSR count). The topological polar surface area (TPSA) is 59.0 Å². The zero-order chi connectivity index (χ0) is 21.5. The summed E-state index contributed by atoms with van der Waals surface area (Å²) in [5, 5.41) is -0.0323. The van der Waals surface area contributed by atoms with Crippen LogP contribution in [0, 0.1) is 0 Å². The maximum atomic E-state index is 13.3. The molecule has 0 amide bonds. The number of piperidine rings is 1. The second-order valence-electron chi connectivity index (χ2n) is 7.23. The van der Waals surface area contributed by atoms with Gasteiger partial charge in [-0.05, 0) is 48.7 Å². The summed E-state index contributed by atoms with van der Waals surface area (Å²) in [6, 6.07) is 9.94. The van der Waals surface area contributed by atoms with Gasteiger partial charge in [0.2, 0.25) is 0 Å². The fourth-order valence-electron chi connectivity index (χ4n) is 3.74. The predicted molar refractivity (Wildman–Crippen MR) is 108 cm³/mol. The van der Waals surface area contributed by atoms with Crippen LogP contribution in [0.2, 0.25) is 5.02 Å². The molecule has 30 heavy (non-hydrogen) atoms. The number of alkyl halides is 3. The average molecular weight is 459 g/mol. The molecule has 1 atom stereocenters. The summed E-state index contributed by atoms with van der Waals surface area (Å²) >= 11 is 5.70. The van der Waals surface area contributed by atoms with Crippen LogP contribution in [0.5, 0.6) is 11.5 Å². The lowest BCUT2D eigenvalue weighted by Crippen LogP contribution is -2.46. The third-order valence-corrected chi connectivity index (χ3v) is 6.56. The molecule has 160 valence electrons. The predicted octanol–water partition coefficient (Wildman–Crippen LogP) is 5.07. The summed E-state index contributed by atoms with van der Waals surface area (Å²) in [5.41, 5.74) is -0.112. The molecule has 0 aliphatic carbocycles. The number of hydrogen-bond donors (Lipinski definition) is 0. The van der Waals surface area contributed by atoms with Crippen LogP contribution < -0.4 is 4.74 Å². The Morgan fingerprint density at radius 2 is 1.83 bits per heavy atom. The van der Waals surface area contributed by atoms with Crippen LogP contribution in [-0.4, -0.2) is 38.0 Å². The highest BCUT2D eigenvalue weighted by Gasteiger charge is 2.35. The third kappa shape index (κ3) is 4.41. The van der Waals surface area contributed by atoms with Gasteiger partial charge in [-0.15, -0.1) is 4.40 Å². The van der Waals surface area contributed by atoms with E-state index in [2.05, 4.69) is 4.40 Å². The lowest BCUT2D eigenvalue weighted by Gasteiger charge is -2.37. The average Bonchev–Trinajstić information content (AvgIpc) is 2.68. The van der Waals surface area contributed by atoms with Crippen LogP contribution in [0.25, 0.3) is 0 Å². The van der Waals surface area contributed by atoms with E-state index in [0.717, 1.165) is 31.0 Å². The molecule has 2 aromatic carbocycles. The highest BCUT2D eigenvalue weighted by Crippen LogP contribution is 2.40. The van der Waals surface area contributed by atoms with Gasteiger partial charge in [0, 0.05) is 24.0 Å². The zero-order valence-electron chi connectivity index (χ0n) is 15.7. The smallest absolute Gasteiger partial charge is 0.420 e. The van der Waals surface area contributed by atoms with Crippen LogP contribution in [0.4, 0.5) is 13.2 Å². The molecule has 0 saturated carbocycles. The first-order chi connectivity index (χ1) is 14.1. The maximum absolute atomic E-state index is 13.3. The lowest BCUT2D eigenvalue weighted by molar-refractivity contribution is -0.138. The van der Waals surface area contributed by atoms with Crippen LogP contribution in [0.1, 0.15) is 29.9 Å². The lowest BCUT2D eigenvalue weighted by atomic mass is 9.89. The van der Waals surface area contributed by atoms with E-state index in [-0.39, 0.29) is 28.2 Å². The van der Waals surface area contributed by atoms with Crippen molar-refractivity contribution in [3.63, 3.8) is 0 Å². The Balaban J connectivity index is 1.59. The fraction of sp³-hybridized carbons (Fsp3) is 0.350. The van der Waals surface area contributed by atoms with Gasteiger partial charge in [-0.25, -0.2) is 8.42 Å². The molecule has 1 fully saturated rings. The van der Waals surface area contributed by atoms with Gasteiger partial charge in [0.25, 0.3) is 10.0 Å². The number of sulfonamides is 1. The second kappa shape index (κ2) is 7.77. The number of hydrogen-bond acceptors (Lipinski definition) is 4. The third-order valence-electron chi connectivity index (χ3n) is 5.17. The van der Waals surface area contributed by atoms with Gasteiger partial charge in [0.1, 0.15) is 17.3 Å². The van der Waals surface area contributed by atoms with E-state index in [0.29, 0.717) is 12.4 Å². The van der Waals surface area contributed by atoms with Crippen LogP contribution in [0.15, 0.2) is 46.9 Å². The van der Waals surface area contributed by atoms with Crippen molar-refractivity contribution < 1.29 is 26.3 Å². The molecule has 0 aromatic heterocycles. The molecule has 0 spiro atoms. The van der Waals surface area contributed by atoms with Gasteiger partial charge < -0.3 is 9.64 Å². The normalized spacial score (nSPS) is 21.0. The summed E-state index contributed by atoms with van der Waals surface area (Å²) in [7, 11) is -3.46. The number of amidine groups is 1. The summed E-state index contributed by atoms with van der Waals surface area (Å²) in [6.45, 7) is 1.19. The van der Waals surface area contributed by atoms with Crippen molar-refractivity contribution in [2.24, 2.45) is 4.40 Å². The Bertz CT molecular complexity index is 1090. The Hall–Kier alpha value is -2.26. The molecule has 5 nitrogen and oxygen atoms in total. The largest absolute Gasteiger partial charge is 0.457 e. The van der Waals surface area contributed by atoms with E-state index in [1.807, 2.05) is 4.90 Å². The van der Waals surface area contributed by atoms with E-state index in [9.17, 15) is 21.6 Å². The standard InChI is InChI=1S/C20H18ClF3N2O3S/c21-14-5-8-18(17(12-14)20(22,23)24)29-15-6-3-13(4-7-15)16-2-1-9-26-10-11-30(27,28)25-19(16)26/h3-8,12,16H,1-2,9-11H2. The first-order valence-corrected chi connectivity index (χ1v) is 11.3. The SMILES string of the molecule is O=S1(=O)CCN2CCCC(c3ccc(Oc4ccc(Cl)cc4C(F)(F)F)cc3)C2=N1. The Kier molecular flexibility index (Phi) is 5.44. The quantitative estimate of drug-likeness (QED) is 0.644. The van der Waals surface area contributed by atoms with Gasteiger partial charge in [-0.1, -0.05) is 23.7 Å². The number of benzene rings is 2. The molecule has 2 aliphatic heterocycles. The molecule has 2 aromatic rings. The minimum Gasteiger partial charge on any atom is -0.457 e. The molecule has 1 unspecified atom stereocenters. The van der Waals surface area contributed by atoms with Crippen molar-refractivity contribution in [2.75, 3.05) is 18.8 Å². The zero-order valence-corrected chi connectivity index (χ0v) is 17.3. The fourth-order valence-corrected chi connectivity index (χ4v) is 4.98. The van der Waals surface area contributed by atoms with Crippen molar-refractivity contribution >= 4 is 27.5 Å². The van der Waals surface area contributed by atoms with E-state index in [1.165, 1.54) is 12.1 Å². The van der Waals surface area contributed by atoms with Crippen molar-refractivity contribution in [3.05, 3.63) is 58.6 Å². The van der Waals surface area contributed by atoms with E-state index < -0.39 is 21.8 Å². The Labute approximate surface area is 177 Å². The molecular formula is C20H18ClF3N2O3S. The van der Waals surface area contributed by atoms with Crippen molar-refractivity contribution in [2.45, 2.75) is 24.9 Å². The molecule has 2 heterocycles. The summed E-state index contributed by atoms with van der Waals surface area (Å²) < 4.78 is 73.1.